The first-order valence-corrected chi connectivity index (χ1v) is 6.30. The molecule has 4 atom stereocenters. The highest BCUT2D eigenvalue weighted by Crippen LogP contribution is 2.52. The van der Waals surface area contributed by atoms with E-state index < -0.39 is 19.1 Å². The number of aliphatic carboxylic acids is 1. The fourth-order valence-electron chi connectivity index (χ4n) is 3.46. The minimum atomic E-state index is -1.28. The highest BCUT2D eigenvalue weighted by Gasteiger charge is 2.57. The van der Waals surface area contributed by atoms with Crippen LogP contribution in [0.25, 0.3) is 0 Å². The van der Waals surface area contributed by atoms with Gasteiger partial charge in [-0.05, 0) is 36.9 Å². The van der Waals surface area contributed by atoms with Crippen LogP contribution in [-0.4, -0.2) is 40.3 Å². The van der Waals surface area contributed by atoms with E-state index in [1.807, 2.05) is 6.92 Å². The first kappa shape index (κ1) is 12.9. The van der Waals surface area contributed by atoms with Gasteiger partial charge in [-0.15, -0.1) is 0 Å². The smallest absolute Gasteiger partial charge is 0.451 e. The molecule has 0 spiro atoms. The van der Waals surface area contributed by atoms with Crippen molar-refractivity contribution >= 4 is 13.1 Å². The number of hydrogen-bond acceptors (Lipinski definition) is 4. The van der Waals surface area contributed by atoms with E-state index in [4.69, 9.17) is 10.0 Å². The Kier molecular flexibility index (Phi) is 3.47. The van der Waals surface area contributed by atoms with Crippen LogP contribution in [-0.2, 0) is 4.79 Å². The zero-order chi connectivity index (χ0) is 12.6. The minimum Gasteiger partial charge on any atom is -0.480 e. The maximum Gasteiger partial charge on any atom is 0.451 e. The molecule has 6 heteroatoms. The highest BCUT2D eigenvalue weighted by atomic mass is 16.4. The molecule has 96 valence electrons. The summed E-state index contributed by atoms with van der Waals surface area (Å²) in [6, 6.07) is -0.143. The van der Waals surface area contributed by atoms with Crippen molar-refractivity contribution in [2.24, 2.45) is 11.3 Å². The van der Waals surface area contributed by atoms with Gasteiger partial charge >= 0.3 is 13.1 Å². The zero-order valence-electron chi connectivity index (χ0n) is 10.1. The standard InChI is InChI=1S/C11H20BNO4/c1-11(5-2-6-12(16)17)7-3-4-8(7)13-9(11)10(14)15/h7-9,13,16-17H,2-6H2,1H3,(H,14,15). The topological polar surface area (TPSA) is 89.8 Å². The molecule has 1 saturated carbocycles. The van der Waals surface area contributed by atoms with E-state index in [2.05, 4.69) is 5.32 Å². The predicted molar refractivity (Wildman–Crippen MR) is 63.4 cm³/mol. The lowest BCUT2D eigenvalue weighted by atomic mass is 9.62. The van der Waals surface area contributed by atoms with Gasteiger partial charge in [-0.25, -0.2) is 0 Å². The van der Waals surface area contributed by atoms with Gasteiger partial charge in [-0.3, -0.25) is 4.79 Å². The van der Waals surface area contributed by atoms with Gasteiger partial charge in [0.05, 0.1) is 0 Å². The van der Waals surface area contributed by atoms with Gasteiger partial charge in [0.1, 0.15) is 6.04 Å². The second-order valence-electron chi connectivity index (χ2n) is 5.61. The molecular formula is C11H20BNO4. The average Bonchev–Trinajstić information content (AvgIpc) is 2.32. The Morgan fingerprint density at radius 1 is 1.47 bits per heavy atom. The third-order valence-electron chi connectivity index (χ3n) is 4.59. The zero-order valence-corrected chi connectivity index (χ0v) is 10.1. The minimum absolute atomic E-state index is 0.246. The third kappa shape index (κ3) is 2.21. The van der Waals surface area contributed by atoms with Gasteiger partial charge in [-0.1, -0.05) is 13.3 Å². The van der Waals surface area contributed by atoms with Crippen molar-refractivity contribution < 1.29 is 19.9 Å². The lowest BCUT2D eigenvalue weighted by Gasteiger charge is -2.40. The molecule has 0 aromatic rings. The Balaban J connectivity index is 2.01. The molecule has 0 aromatic carbocycles. The van der Waals surface area contributed by atoms with Crippen molar-refractivity contribution in [3.63, 3.8) is 0 Å². The van der Waals surface area contributed by atoms with Crippen LogP contribution in [0.4, 0.5) is 0 Å². The van der Waals surface area contributed by atoms with Gasteiger partial charge in [0.2, 0.25) is 0 Å². The molecule has 5 nitrogen and oxygen atoms in total. The molecule has 0 bridgehead atoms. The summed E-state index contributed by atoms with van der Waals surface area (Å²) >= 11 is 0. The largest absolute Gasteiger partial charge is 0.480 e. The molecule has 4 unspecified atom stereocenters. The quantitative estimate of drug-likeness (QED) is 0.512. The first-order valence-electron chi connectivity index (χ1n) is 6.30. The van der Waals surface area contributed by atoms with E-state index in [0.29, 0.717) is 24.7 Å². The summed E-state index contributed by atoms with van der Waals surface area (Å²) in [4.78, 5) is 11.3. The number of nitrogens with one attached hydrogen (secondary N) is 1. The number of carboxylic acids is 1. The molecule has 0 amide bonds. The Morgan fingerprint density at radius 2 is 2.18 bits per heavy atom. The summed E-state index contributed by atoms with van der Waals surface area (Å²) in [6.07, 6.45) is 3.85. The van der Waals surface area contributed by atoms with Gasteiger partial charge in [0.25, 0.3) is 0 Å². The molecule has 2 fully saturated rings. The van der Waals surface area contributed by atoms with E-state index in [9.17, 15) is 9.90 Å². The van der Waals surface area contributed by atoms with E-state index in [1.165, 1.54) is 0 Å². The summed E-state index contributed by atoms with van der Waals surface area (Å²) in [6.45, 7) is 2.02. The van der Waals surface area contributed by atoms with Crippen LogP contribution < -0.4 is 5.32 Å². The summed E-state index contributed by atoms with van der Waals surface area (Å²) in [5.74, 6) is -0.356. The van der Waals surface area contributed by atoms with Crippen molar-refractivity contribution in [2.45, 2.75) is 51.0 Å². The fraction of sp³-hybridized carbons (Fsp3) is 0.909. The van der Waals surface area contributed by atoms with E-state index >= 15 is 0 Å². The molecule has 1 aliphatic carbocycles. The molecule has 2 aliphatic rings. The summed E-state index contributed by atoms with van der Waals surface area (Å²) < 4.78 is 0. The van der Waals surface area contributed by atoms with Crippen LogP contribution in [0.2, 0.25) is 6.32 Å². The van der Waals surface area contributed by atoms with Crippen molar-refractivity contribution in [3.05, 3.63) is 0 Å². The molecule has 0 radical (unpaired) electrons. The maximum absolute atomic E-state index is 11.3. The van der Waals surface area contributed by atoms with Crippen LogP contribution >= 0.6 is 0 Å². The Morgan fingerprint density at radius 3 is 2.65 bits per heavy atom. The van der Waals surface area contributed by atoms with Crippen molar-refractivity contribution in [1.82, 2.24) is 5.32 Å². The number of fused-ring (bicyclic) bond motifs is 1. The molecule has 17 heavy (non-hydrogen) atoms. The molecule has 0 aromatic heterocycles. The van der Waals surface area contributed by atoms with Crippen molar-refractivity contribution in [1.29, 1.82) is 0 Å². The number of rotatable bonds is 5. The normalized spacial score (nSPS) is 39.6. The van der Waals surface area contributed by atoms with Gasteiger partial charge in [0, 0.05) is 6.04 Å². The molecule has 4 N–H and O–H groups in total. The van der Waals surface area contributed by atoms with Gasteiger partial charge < -0.3 is 20.5 Å². The monoisotopic (exact) mass is 241 g/mol. The predicted octanol–water partition coefficient (Wildman–Crippen LogP) is 0.0807. The van der Waals surface area contributed by atoms with Crippen LogP contribution in [0.5, 0.6) is 0 Å². The third-order valence-corrected chi connectivity index (χ3v) is 4.59. The highest BCUT2D eigenvalue weighted by molar-refractivity contribution is 6.40. The van der Waals surface area contributed by atoms with Gasteiger partial charge in [0.15, 0.2) is 0 Å². The molecular weight excluding hydrogens is 221 g/mol. The first-order chi connectivity index (χ1) is 7.95. The number of carboxylic acid groups (broad SMARTS) is 1. The molecule has 1 saturated heterocycles. The molecule has 2 rings (SSSR count). The van der Waals surface area contributed by atoms with Crippen LogP contribution in [0, 0.1) is 11.3 Å². The molecule has 1 heterocycles. The Labute approximate surface area is 101 Å². The number of carbonyl (C=O) groups is 1. The van der Waals surface area contributed by atoms with Crippen LogP contribution in [0.15, 0.2) is 0 Å². The average molecular weight is 241 g/mol. The summed E-state index contributed by atoms with van der Waals surface area (Å²) in [5, 5.41) is 30.1. The van der Waals surface area contributed by atoms with E-state index in [1.54, 1.807) is 0 Å². The SMILES string of the molecule is CC1(CCCB(O)O)C(C(=O)O)NC2CCC21. The second-order valence-corrected chi connectivity index (χ2v) is 5.61. The van der Waals surface area contributed by atoms with Crippen molar-refractivity contribution in [2.75, 3.05) is 0 Å². The maximum atomic E-state index is 11.3. The second kappa shape index (κ2) is 4.59. The molecule has 1 aliphatic heterocycles. The summed E-state index contributed by atoms with van der Waals surface area (Å²) in [5.41, 5.74) is -0.246. The van der Waals surface area contributed by atoms with E-state index in [0.717, 1.165) is 19.3 Å². The van der Waals surface area contributed by atoms with E-state index in [-0.39, 0.29) is 5.41 Å². The fourth-order valence-corrected chi connectivity index (χ4v) is 3.46. The summed E-state index contributed by atoms with van der Waals surface area (Å²) in [7, 11) is -1.28. The lowest BCUT2D eigenvalue weighted by Crippen LogP contribution is -2.43. The van der Waals surface area contributed by atoms with Crippen molar-refractivity contribution in [3.8, 4) is 0 Å². The van der Waals surface area contributed by atoms with Crippen LogP contribution in [0.3, 0.4) is 0 Å². The van der Waals surface area contributed by atoms with Crippen LogP contribution in [0.1, 0.15) is 32.6 Å². The van der Waals surface area contributed by atoms with Gasteiger partial charge in [-0.2, -0.15) is 0 Å². The number of hydrogen-bond donors (Lipinski definition) is 4. The lowest BCUT2D eigenvalue weighted by molar-refractivity contribution is -0.142. The Bertz CT molecular complexity index is 312. The Hall–Kier alpha value is -0.585.